The first-order chi connectivity index (χ1) is 12.6. The molecule has 1 fully saturated rings. The third kappa shape index (κ3) is 3.32. The number of aromatic hydroxyl groups is 1. The van der Waals surface area contributed by atoms with Crippen molar-refractivity contribution in [2.75, 3.05) is 40.0 Å². The molecule has 0 saturated carbocycles. The Morgan fingerprint density at radius 3 is 2.69 bits per heavy atom. The van der Waals surface area contributed by atoms with Gasteiger partial charge in [0.15, 0.2) is 11.5 Å². The molecule has 2 heterocycles. The van der Waals surface area contributed by atoms with Crippen molar-refractivity contribution in [3.8, 4) is 28.4 Å². The molecule has 1 N–H and O–H groups in total. The number of likely N-dealkylation sites (N-methyl/N-ethyl adjacent to an activating group) is 1. The molecule has 1 saturated heterocycles. The van der Waals surface area contributed by atoms with Gasteiger partial charge in [0.1, 0.15) is 5.75 Å². The molecule has 6 nitrogen and oxygen atoms in total. The number of carbonyl (C=O) groups is 1. The van der Waals surface area contributed by atoms with E-state index in [-0.39, 0.29) is 18.4 Å². The Labute approximate surface area is 152 Å². The first-order valence-corrected chi connectivity index (χ1v) is 8.82. The van der Waals surface area contributed by atoms with E-state index < -0.39 is 0 Å². The molecule has 6 heteroatoms. The quantitative estimate of drug-likeness (QED) is 0.898. The summed E-state index contributed by atoms with van der Waals surface area (Å²) in [6, 6.07) is 10.6. The van der Waals surface area contributed by atoms with Crippen LogP contribution in [0.25, 0.3) is 11.1 Å². The first kappa shape index (κ1) is 16.7. The molecule has 26 heavy (non-hydrogen) atoms. The predicted molar refractivity (Wildman–Crippen MR) is 97.7 cm³/mol. The Morgan fingerprint density at radius 1 is 0.962 bits per heavy atom. The number of benzene rings is 2. The van der Waals surface area contributed by atoms with Gasteiger partial charge in [0.2, 0.25) is 6.79 Å². The summed E-state index contributed by atoms with van der Waals surface area (Å²) >= 11 is 0. The lowest BCUT2D eigenvalue weighted by molar-refractivity contribution is 0.0762. The van der Waals surface area contributed by atoms with E-state index in [1.165, 1.54) is 6.07 Å². The minimum absolute atomic E-state index is 0.0433. The molecule has 2 aliphatic rings. The summed E-state index contributed by atoms with van der Waals surface area (Å²) < 4.78 is 10.8. The molecule has 0 unspecified atom stereocenters. The molecule has 0 bridgehead atoms. The molecule has 0 radical (unpaired) electrons. The summed E-state index contributed by atoms with van der Waals surface area (Å²) in [6.45, 7) is 3.50. The van der Waals surface area contributed by atoms with Gasteiger partial charge in [0, 0.05) is 25.2 Å². The van der Waals surface area contributed by atoms with Crippen LogP contribution in [0.5, 0.6) is 17.2 Å². The second kappa shape index (κ2) is 6.88. The van der Waals surface area contributed by atoms with Crippen LogP contribution in [-0.4, -0.2) is 60.8 Å². The molecule has 2 aliphatic heterocycles. The number of nitrogens with zero attached hydrogens (tertiary/aromatic N) is 2. The Morgan fingerprint density at radius 2 is 1.81 bits per heavy atom. The number of phenolic OH excluding ortho intramolecular Hbond substituents is 1. The zero-order chi connectivity index (χ0) is 18.1. The summed E-state index contributed by atoms with van der Waals surface area (Å²) in [5.74, 6) is 1.42. The van der Waals surface area contributed by atoms with Crippen LogP contribution in [0.2, 0.25) is 0 Å². The van der Waals surface area contributed by atoms with Crippen molar-refractivity contribution in [1.29, 1.82) is 0 Å². The van der Waals surface area contributed by atoms with Gasteiger partial charge in [-0.05, 0) is 61.5 Å². The molecule has 1 amide bonds. The molecule has 136 valence electrons. The maximum Gasteiger partial charge on any atom is 0.254 e. The maximum absolute atomic E-state index is 12.9. The lowest BCUT2D eigenvalue weighted by atomic mass is 10.0. The van der Waals surface area contributed by atoms with Crippen LogP contribution in [0.15, 0.2) is 36.4 Å². The van der Waals surface area contributed by atoms with Crippen molar-refractivity contribution >= 4 is 5.91 Å². The Kier molecular flexibility index (Phi) is 4.42. The molecule has 0 aliphatic carbocycles. The van der Waals surface area contributed by atoms with Gasteiger partial charge in [0.05, 0.1) is 0 Å². The summed E-state index contributed by atoms with van der Waals surface area (Å²) in [5.41, 5.74) is 2.15. The van der Waals surface area contributed by atoms with Crippen molar-refractivity contribution in [2.45, 2.75) is 6.42 Å². The average molecular weight is 354 g/mol. The summed E-state index contributed by atoms with van der Waals surface area (Å²) in [5, 5.41) is 10.2. The highest BCUT2D eigenvalue weighted by Crippen LogP contribution is 2.37. The van der Waals surface area contributed by atoms with Gasteiger partial charge in [-0.3, -0.25) is 4.79 Å². The summed E-state index contributed by atoms with van der Waals surface area (Å²) in [4.78, 5) is 17.0. The van der Waals surface area contributed by atoms with Crippen molar-refractivity contribution in [3.63, 3.8) is 0 Å². The Bertz CT molecular complexity index is 837. The molecule has 0 spiro atoms. The fourth-order valence-electron chi connectivity index (χ4n) is 3.41. The highest BCUT2D eigenvalue weighted by molar-refractivity contribution is 5.96. The van der Waals surface area contributed by atoms with Gasteiger partial charge in [-0.25, -0.2) is 0 Å². The third-order valence-corrected chi connectivity index (χ3v) is 4.88. The van der Waals surface area contributed by atoms with Gasteiger partial charge in [-0.2, -0.15) is 0 Å². The van der Waals surface area contributed by atoms with Gasteiger partial charge in [-0.15, -0.1) is 0 Å². The van der Waals surface area contributed by atoms with Crippen LogP contribution in [0.4, 0.5) is 0 Å². The number of carbonyl (C=O) groups excluding carboxylic acids is 1. The zero-order valence-electron chi connectivity index (χ0n) is 14.8. The molecule has 2 aromatic carbocycles. The van der Waals surface area contributed by atoms with Crippen LogP contribution >= 0.6 is 0 Å². The Balaban J connectivity index is 1.63. The highest BCUT2D eigenvalue weighted by Gasteiger charge is 2.21. The monoisotopic (exact) mass is 354 g/mol. The average Bonchev–Trinajstić information content (AvgIpc) is 3.00. The van der Waals surface area contributed by atoms with Crippen molar-refractivity contribution < 1.29 is 19.4 Å². The van der Waals surface area contributed by atoms with E-state index >= 15 is 0 Å². The van der Waals surface area contributed by atoms with Crippen LogP contribution in [0.3, 0.4) is 0 Å². The zero-order valence-corrected chi connectivity index (χ0v) is 14.8. The first-order valence-electron chi connectivity index (χ1n) is 8.82. The van der Waals surface area contributed by atoms with Crippen LogP contribution in [0.1, 0.15) is 16.8 Å². The number of ether oxygens (including phenoxy) is 2. The number of phenols is 1. The van der Waals surface area contributed by atoms with E-state index in [1.54, 1.807) is 6.07 Å². The van der Waals surface area contributed by atoms with Crippen molar-refractivity contribution in [2.24, 2.45) is 0 Å². The van der Waals surface area contributed by atoms with E-state index in [4.69, 9.17) is 9.47 Å². The third-order valence-electron chi connectivity index (χ3n) is 4.88. The summed E-state index contributed by atoms with van der Waals surface area (Å²) in [7, 11) is 2.07. The smallest absolute Gasteiger partial charge is 0.254 e. The normalized spacial score (nSPS) is 17.2. The largest absolute Gasteiger partial charge is 0.508 e. The van der Waals surface area contributed by atoms with E-state index in [0.29, 0.717) is 23.6 Å². The number of rotatable bonds is 2. The van der Waals surface area contributed by atoms with E-state index in [2.05, 4.69) is 11.9 Å². The minimum atomic E-state index is -0.0433. The molecule has 2 aromatic rings. The molecule has 0 atom stereocenters. The second-order valence-corrected chi connectivity index (χ2v) is 6.79. The Hall–Kier alpha value is -2.73. The maximum atomic E-state index is 12.9. The fourth-order valence-corrected chi connectivity index (χ4v) is 3.41. The number of amides is 1. The van der Waals surface area contributed by atoms with Gasteiger partial charge >= 0.3 is 0 Å². The second-order valence-electron chi connectivity index (χ2n) is 6.79. The molecule has 0 aromatic heterocycles. The van der Waals surface area contributed by atoms with Gasteiger partial charge < -0.3 is 24.4 Å². The van der Waals surface area contributed by atoms with Crippen LogP contribution in [-0.2, 0) is 0 Å². The van der Waals surface area contributed by atoms with Crippen molar-refractivity contribution in [1.82, 2.24) is 9.80 Å². The topological polar surface area (TPSA) is 62.2 Å². The van der Waals surface area contributed by atoms with Gasteiger partial charge in [0.25, 0.3) is 5.91 Å². The standard InChI is InChI=1S/C20H22N2O4/c1-21-5-2-6-22(8-7-21)20(24)16-9-15(10-17(23)11-16)14-3-4-18-19(12-14)26-13-25-18/h3-4,9-12,23H,2,5-8,13H2,1H3. The lowest BCUT2D eigenvalue weighted by Crippen LogP contribution is -2.34. The molecular formula is C20H22N2O4. The van der Waals surface area contributed by atoms with E-state index in [0.717, 1.165) is 37.2 Å². The fraction of sp³-hybridized carbons (Fsp3) is 0.350. The van der Waals surface area contributed by atoms with Crippen molar-refractivity contribution in [3.05, 3.63) is 42.0 Å². The molecule has 4 rings (SSSR count). The SMILES string of the molecule is CN1CCCN(C(=O)c2cc(O)cc(-c3ccc4c(c3)OCO4)c2)CC1. The summed E-state index contributed by atoms with van der Waals surface area (Å²) in [6.07, 6.45) is 0.954. The van der Waals surface area contributed by atoms with E-state index in [1.807, 2.05) is 29.2 Å². The predicted octanol–water partition coefficient (Wildman–Crippen LogP) is 2.57. The van der Waals surface area contributed by atoms with Gasteiger partial charge in [-0.1, -0.05) is 6.07 Å². The number of hydrogen-bond donors (Lipinski definition) is 1. The lowest BCUT2D eigenvalue weighted by Gasteiger charge is -2.21. The minimum Gasteiger partial charge on any atom is -0.508 e. The molecular weight excluding hydrogens is 332 g/mol. The van der Waals surface area contributed by atoms with Crippen LogP contribution < -0.4 is 9.47 Å². The van der Waals surface area contributed by atoms with Crippen LogP contribution in [0, 0.1) is 0 Å². The highest BCUT2D eigenvalue weighted by atomic mass is 16.7. The number of hydrogen-bond acceptors (Lipinski definition) is 5. The number of fused-ring (bicyclic) bond motifs is 1. The van der Waals surface area contributed by atoms with E-state index in [9.17, 15) is 9.90 Å².